The lowest BCUT2D eigenvalue weighted by atomic mass is 10.2. The van der Waals surface area contributed by atoms with Crippen molar-refractivity contribution in [1.29, 1.82) is 0 Å². The van der Waals surface area contributed by atoms with Crippen molar-refractivity contribution >= 4 is 23.2 Å². The first-order chi connectivity index (χ1) is 13.0. The number of hydrogen-bond donors (Lipinski definition) is 0. The van der Waals surface area contributed by atoms with Gasteiger partial charge in [-0.25, -0.2) is 0 Å². The number of methoxy groups -OCH3 is 1. The first-order valence-corrected chi connectivity index (χ1v) is 9.53. The predicted molar refractivity (Wildman–Crippen MR) is 110 cm³/mol. The molecule has 144 valence electrons. The molecule has 0 bridgehead atoms. The summed E-state index contributed by atoms with van der Waals surface area (Å²) in [6.07, 6.45) is 0. The highest BCUT2D eigenvalue weighted by Crippen LogP contribution is 2.20. The smallest absolute Gasteiger partial charge is 0.236 e. The quantitative estimate of drug-likeness (QED) is 0.763. The van der Waals surface area contributed by atoms with Crippen molar-refractivity contribution in [1.82, 2.24) is 9.80 Å². The molecular formula is C21H26ClN3O2. The summed E-state index contributed by atoms with van der Waals surface area (Å²) in [5.41, 5.74) is 2.24. The second kappa shape index (κ2) is 9.11. The molecule has 27 heavy (non-hydrogen) atoms. The molecule has 1 fully saturated rings. The van der Waals surface area contributed by atoms with Gasteiger partial charge in [0.05, 0.1) is 13.7 Å². The molecule has 1 saturated heterocycles. The molecule has 0 atom stereocenters. The Balaban J connectivity index is 1.47. The number of rotatable bonds is 6. The molecule has 1 amide bonds. The number of halogens is 1. The second-order valence-corrected chi connectivity index (χ2v) is 7.28. The van der Waals surface area contributed by atoms with Gasteiger partial charge in [-0.1, -0.05) is 23.7 Å². The SMILES string of the molecule is COc1ccc(N2CCN(CC(=O)N(C)Cc3cccc(Cl)c3)CC2)cc1. The third-order valence-electron chi connectivity index (χ3n) is 4.90. The number of nitrogens with zero attached hydrogens (tertiary/aromatic N) is 3. The highest BCUT2D eigenvalue weighted by Gasteiger charge is 2.20. The Labute approximate surface area is 166 Å². The second-order valence-electron chi connectivity index (χ2n) is 6.84. The van der Waals surface area contributed by atoms with Gasteiger partial charge >= 0.3 is 0 Å². The van der Waals surface area contributed by atoms with Gasteiger partial charge in [0.25, 0.3) is 0 Å². The molecule has 1 aliphatic rings. The molecule has 0 radical (unpaired) electrons. The maximum absolute atomic E-state index is 12.5. The van der Waals surface area contributed by atoms with Gasteiger partial charge in [-0.2, -0.15) is 0 Å². The van der Waals surface area contributed by atoms with Crippen LogP contribution in [0.3, 0.4) is 0 Å². The fourth-order valence-corrected chi connectivity index (χ4v) is 3.48. The summed E-state index contributed by atoms with van der Waals surface area (Å²) in [4.78, 5) is 18.9. The topological polar surface area (TPSA) is 36.0 Å². The van der Waals surface area contributed by atoms with Gasteiger partial charge in [-0.3, -0.25) is 9.69 Å². The number of ether oxygens (including phenoxy) is 1. The third-order valence-corrected chi connectivity index (χ3v) is 5.14. The largest absolute Gasteiger partial charge is 0.497 e. The number of likely N-dealkylation sites (N-methyl/N-ethyl adjacent to an activating group) is 1. The average Bonchev–Trinajstić information content (AvgIpc) is 2.68. The van der Waals surface area contributed by atoms with Crippen LogP contribution in [-0.4, -0.2) is 62.6 Å². The lowest BCUT2D eigenvalue weighted by molar-refractivity contribution is -0.131. The van der Waals surface area contributed by atoms with Crippen LogP contribution in [0.5, 0.6) is 5.75 Å². The Morgan fingerprint density at radius 1 is 1.11 bits per heavy atom. The number of carbonyl (C=O) groups is 1. The Kier molecular flexibility index (Phi) is 6.58. The van der Waals surface area contributed by atoms with Crippen LogP contribution >= 0.6 is 11.6 Å². The van der Waals surface area contributed by atoms with Crippen LogP contribution in [0.2, 0.25) is 5.02 Å². The number of carbonyl (C=O) groups excluding carboxylic acids is 1. The molecule has 2 aromatic carbocycles. The monoisotopic (exact) mass is 387 g/mol. The molecule has 0 saturated carbocycles. The minimum absolute atomic E-state index is 0.132. The van der Waals surface area contributed by atoms with Crippen molar-refractivity contribution in [2.45, 2.75) is 6.54 Å². The summed E-state index contributed by atoms with van der Waals surface area (Å²) in [7, 11) is 3.52. The summed E-state index contributed by atoms with van der Waals surface area (Å²) in [6, 6.07) is 15.8. The molecule has 0 aromatic heterocycles. The first kappa shape index (κ1) is 19.5. The minimum Gasteiger partial charge on any atom is -0.497 e. The van der Waals surface area contributed by atoms with E-state index in [4.69, 9.17) is 16.3 Å². The molecule has 1 aliphatic heterocycles. The molecular weight excluding hydrogens is 362 g/mol. The van der Waals surface area contributed by atoms with Crippen LogP contribution in [0.15, 0.2) is 48.5 Å². The zero-order valence-electron chi connectivity index (χ0n) is 15.9. The molecule has 2 aromatic rings. The van der Waals surface area contributed by atoms with E-state index in [0.717, 1.165) is 37.5 Å². The minimum atomic E-state index is 0.132. The number of benzene rings is 2. The van der Waals surface area contributed by atoms with Crippen LogP contribution in [0.1, 0.15) is 5.56 Å². The van der Waals surface area contributed by atoms with Gasteiger partial charge in [0.15, 0.2) is 0 Å². The van der Waals surface area contributed by atoms with E-state index < -0.39 is 0 Å². The van der Waals surface area contributed by atoms with E-state index in [0.29, 0.717) is 18.1 Å². The standard InChI is InChI=1S/C21H26ClN3O2/c1-23(15-17-4-3-5-18(22)14-17)21(26)16-24-10-12-25(13-11-24)19-6-8-20(27-2)9-7-19/h3-9,14H,10-13,15-16H2,1-2H3. The molecule has 0 unspecified atom stereocenters. The molecule has 0 spiro atoms. The van der Waals surface area contributed by atoms with Crippen molar-refractivity contribution in [3.8, 4) is 5.75 Å². The van der Waals surface area contributed by atoms with Crippen molar-refractivity contribution in [2.75, 3.05) is 51.8 Å². The molecule has 3 rings (SSSR count). The van der Waals surface area contributed by atoms with E-state index in [2.05, 4.69) is 21.9 Å². The van der Waals surface area contributed by atoms with E-state index in [-0.39, 0.29) is 5.91 Å². The van der Waals surface area contributed by atoms with Crippen molar-refractivity contribution in [3.05, 3.63) is 59.1 Å². The fraction of sp³-hybridized carbons (Fsp3) is 0.381. The van der Waals surface area contributed by atoms with E-state index in [1.54, 1.807) is 12.0 Å². The highest BCUT2D eigenvalue weighted by atomic mass is 35.5. The van der Waals surface area contributed by atoms with E-state index in [1.165, 1.54) is 5.69 Å². The molecule has 5 nitrogen and oxygen atoms in total. The van der Waals surface area contributed by atoms with Crippen LogP contribution in [0.25, 0.3) is 0 Å². The normalized spacial score (nSPS) is 14.9. The Bertz CT molecular complexity index is 758. The lowest BCUT2D eigenvalue weighted by Crippen LogP contribution is -2.49. The molecule has 0 aliphatic carbocycles. The molecule has 6 heteroatoms. The van der Waals surface area contributed by atoms with Crippen LogP contribution in [-0.2, 0) is 11.3 Å². The maximum atomic E-state index is 12.5. The summed E-state index contributed by atoms with van der Waals surface area (Å²) >= 11 is 6.02. The fourth-order valence-electron chi connectivity index (χ4n) is 3.27. The van der Waals surface area contributed by atoms with E-state index >= 15 is 0 Å². The number of amides is 1. The molecule has 0 N–H and O–H groups in total. The van der Waals surface area contributed by atoms with Gasteiger partial charge in [0, 0.05) is 50.5 Å². The van der Waals surface area contributed by atoms with Crippen LogP contribution < -0.4 is 9.64 Å². The zero-order chi connectivity index (χ0) is 19.2. The Morgan fingerprint density at radius 3 is 2.44 bits per heavy atom. The Hall–Kier alpha value is -2.24. The van der Waals surface area contributed by atoms with E-state index in [9.17, 15) is 4.79 Å². The number of anilines is 1. The van der Waals surface area contributed by atoms with Gasteiger partial charge in [-0.15, -0.1) is 0 Å². The summed E-state index contributed by atoms with van der Waals surface area (Å²) in [6.45, 7) is 4.61. The third kappa shape index (κ3) is 5.37. The van der Waals surface area contributed by atoms with Gasteiger partial charge < -0.3 is 14.5 Å². The van der Waals surface area contributed by atoms with Crippen LogP contribution in [0, 0.1) is 0 Å². The number of piperazine rings is 1. The summed E-state index contributed by atoms with van der Waals surface area (Å²) in [5.74, 6) is 0.999. The van der Waals surface area contributed by atoms with Gasteiger partial charge in [-0.05, 0) is 42.0 Å². The molecule has 1 heterocycles. The summed E-state index contributed by atoms with van der Waals surface area (Å²) in [5, 5.41) is 0.697. The van der Waals surface area contributed by atoms with Crippen molar-refractivity contribution < 1.29 is 9.53 Å². The maximum Gasteiger partial charge on any atom is 0.236 e. The van der Waals surface area contributed by atoms with Gasteiger partial charge in [0.2, 0.25) is 5.91 Å². The Morgan fingerprint density at radius 2 is 1.81 bits per heavy atom. The van der Waals surface area contributed by atoms with Gasteiger partial charge in [0.1, 0.15) is 5.75 Å². The first-order valence-electron chi connectivity index (χ1n) is 9.15. The van der Waals surface area contributed by atoms with Crippen molar-refractivity contribution in [2.24, 2.45) is 0 Å². The summed E-state index contributed by atoms with van der Waals surface area (Å²) < 4.78 is 5.21. The highest BCUT2D eigenvalue weighted by molar-refractivity contribution is 6.30. The lowest BCUT2D eigenvalue weighted by Gasteiger charge is -2.36. The predicted octanol–water partition coefficient (Wildman–Crippen LogP) is 3.13. The average molecular weight is 388 g/mol. The zero-order valence-corrected chi connectivity index (χ0v) is 16.7. The van der Waals surface area contributed by atoms with E-state index in [1.807, 2.05) is 43.4 Å². The van der Waals surface area contributed by atoms with Crippen LogP contribution in [0.4, 0.5) is 5.69 Å². The number of hydrogen-bond acceptors (Lipinski definition) is 4. The van der Waals surface area contributed by atoms with Crippen molar-refractivity contribution in [3.63, 3.8) is 0 Å².